The summed E-state index contributed by atoms with van der Waals surface area (Å²) < 4.78 is 11.1. The highest BCUT2D eigenvalue weighted by Gasteiger charge is 2.43. The van der Waals surface area contributed by atoms with Crippen molar-refractivity contribution in [3.63, 3.8) is 0 Å². The van der Waals surface area contributed by atoms with Crippen LogP contribution in [0.4, 0.5) is 0 Å². The van der Waals surface area contributed by atoms with Crippen LogP contribution in [0, 0.1) is 12.8 Å². The van der Waals surface area contributed by atoms with Gasteiger partial charge in [0.1, 0.15) is 11.5 Å². The lowest BCUT2D eigenvalue weighted by Crippen LogP contribution is -2.48. The molecule has 0 aromatic carbocycles. The first-order chi connectivity index (χ1) is 7.16. The molecule has 2 heterocycles. The molecule has 2 rings (SSSR count). The monoisotopic (exact) mass is 209 g/mol. The molecule has 1 unspecified atom stereocenters. The minimum absolute atomic E-state index is 0.0903. The van der Waals surface area contributed by atoms with Gasteiger partial charge in [-0.3, -0.25) is 0 Å². The van der Waals surface area contributed by atoms with Crippen LogP contribution in [0.3, 0.4) is 0 Å². The lowest BCUT2D eigenvalue weighted by Gasteiger charge is -2.41. The summed E-state index contributed by atoms with van der Waals surface area (Å²) >= 11 is 0. The molecule has 1 aromatic heterocycles. The van der Waals surface area contributed by atoms with Gasteiger partial charge in [0.2, 0.25) is 0 Å². The second-order valence-corrected chi connectivity index (χ2v) is 4.73. The third-order valence-electron chi connectivity index (χ3n) is 3.16. The van der Waals surface area contributed by atoms with Crippen LogP contribution in [0.1, 0.15) is 24.9 Å². The van der Waals surface area contributed by atoms with Gasteiger partial charge in [-0.05, 0) is 37.9 Å². The van der Waals surface area contributed by atoms with Gasteiger partial charge in [0.25, 0.3) is 0 Å². The standard InChI is InChI=1S/C12H19NO2/c1-9(6-13)5-12(7-14-8-12)11-4-3-10(2)15-11/h3-4,9H,5-8,13H2,1-2H3. The molecule has 0 radical (unpaired) electrons. The van der Waals surface area contributed by atoms with E-state index in [4.69, 9.17) is 14.9 Å². The van der Waals surface area contributed by atoms with Crippen LogP contribution in [0.15, 0.2) is 16.5 Å². The normalized spacial score (nSPS) is 21.0. The topological polar surface area (TPSA) is 48.4 Å². The Balaban J connectivity index is 2.14. The van der Waals surface area contributed by atoms with Crippen LogP contribution in [-0.4, -0.2) is 19.8 Å². The van der Waals surface area contributed by atoms with E-state index in [0.717, 1.165) is 37.7 Å². The number of nitrogens with two attached hydrogens (primary N) is 1. The third-order valence-corrected chi connectivity index (χ3v) is 3.16. The zero-order valence-corrected chi connectivity index (χ0v) is 9.45. The van der Waals surface area contributed by atoms with E-state index in [9.17, 15) is 0 Å². The molecular formula is C12H19NO2. The predicted molar refractivity (Wildman–Crippen MR) is 58.8 cm³/mol. The number of ether oxygens (including phenoxy) is 1. The fraction of sp³-hybridized carbons (Fsp3) is 0.667. The number of rotatable bonds is 4. The maximum Gasteiger partial charge on any atom is 0.114 e. The minimum Gasteiger partial charge on any atom is -0.466 e. The highest BCUT2D eigenvalue weighted by atomic mass is 16.5. The SMILES string of the molecule is Cc1ccc(C2(CC(C)CN)COC2)o1. The zero-order valence-electron chi connectivity index (χ0n) is 9.45. The van der Waals surface area contributed by atoms with E-state index >= 15 is 0 Å². The van der Waals surface area contributed by atoms with Gasteiger partial charge >= 0.3 is 0 Å². The molecule has 0 amide bonds. The molecule has 84 valence electrons. The molecule has 1 saturated heterocycles. The third kappa shape index (κ3) is 1.94. The summed E-state index contributed by atoms with van der Waals surface area (Å²) in [6.07, 6.45) is 1.05. The Bertz CT molecular complexity index is 328. The average molecular weight is 209 g/mol. The average Bonchev–Trinajstić information content (AvgIpc) is 2.58. The molecule has 2 N–H and O–H groups in total. The lowest BCUT2D eigenvalue weighted by molar-refractivity contribution is -0.0802. The first kappa shape index (κ1) is 10.7. The van der Waals surface area contributed by atoms with Crippen LogP contribution in [0.5, 0.6) is 0 Å². The first-order valence-electron chi connectivity index (χ1n) is 5.51. The molecular weight excluding hydrogens is 190 g/mol. The molecule has 1 aliphatic rings. The van der Waals surface area contributed by atoms with E-state index in [0.29, 0.717) is 5.92 Å². The number of aryl methyl sites for hydroxylation is 1. The molecule has 0 spiro atoms. The molecule has 15 heavy (non-hydrogen) atoms. The van der Waals surface area contributed by atoms with E-state index < -0.39 is 0 Å². The van der Waals surface area contributed by atoms with Crippen molar-refractivity contribution in [2.75, 3.05) is 19.8 Å². The number of hydrogen-bond acceptors (Lipinski definition) is 3. The molecule has 1 aromatic rings. The van der Waals surface area contributed by atoms with Crippen LogP contribution in [0.2, 0.25) is 0 Å². The molecule has 3 heteroatoms. The Morgan fingerprint density at radius 3 is 2.60 bits per heavy atom. The van der Waals surface area contributed by atoms with Gasteiger partial charge < -0.3 is 14.9 Å². The van der Waals surface area contributed by atoms with Crippen molar-refractivity contribution in [2.24, 2.45) is 11.7 Å². The van der Waals surface area contributed by atoms with Crippen molar-refractivity contribution in [1.82, 2.24) is 0 Å². The Morgan fingerprint density at radius 1 is 1.47 bits per heavy atom. The van der Waals surface area contributed by atoms with E-state index in [1.807, 2.05) is 13.0 Å². The summed E-state index contributed by atoms with van der Waals surface area (Å²) in [4.78, 5) is 0. The summed E-state index contributed by atoms with van der Waals surface area (Å²) in [7, 11) is 0. The second-order valence-electron chi connectivity index (χ2n) is 4.73. The molecule has 0 bridgehead atoms. The van der Waals surface area contributed by atoms with Crippen molar-refractivity contribution >= 4 is 0 Å². The Labute approximate surface area is 90.6 Å². The van der Waals surface area contributed by atoms with Gasteiger partial charge in [0.05, 0.1) is 18.6 Å². The van der Waals surface area contributed by atoms with Crippen LogP contribution in [-0.2, 0) is 10.2 Å². The van der Waals surface area contributed by atoms with Crippen LogP contribution >= 0.6 is 0 Å². The van der Waals surface area contributed by atoms with Gasteiger partial charge in [-0.25, -0.2) is 0 Å². The maximum absolute atomic E-state index is 5.72. The predicted octanol–water partition coefficient (Wildman–Crippen LogP) is 1.84. The fourth-order valence-electron chi connectivity index (χ4n) is 2.18. The Kier molecular flexibility index (Phi) is 2.85. The van der Waals surface area contributed by atoms with Gasteiger partial charge in [0.15, 0.2) is 0 Å². The van der Waals surface area contributed by atoms with Crippen LogP contribution < -0.4 is 5.73 Å². The van der Waals surface area contributed by atoms with E-state index in [2.05, 4.69) is 13.0 Å². The van der Waals surface area contributed by atoms with Crippen LogP contribution in [0.25, 0.3) is 0 Å². The molecule has 1 atom stereocenters. The Hall–Kier alpha value is -0.800. The van der Waals surface area contributed by atoms with E-state index in [-0.39, 0.29) is 5.41 Å². The fourth-order valence-corrected chi connectivity index (χ4v) is 2.18. The molecule has 0 saturated carbocycles. The largest absolute Gasteiger partial charge is 0.466 e. The zero-order chi connectivity index (χ0) is 10.9. The van der Waals surface area contributed by atoms with Gasteiger partial charge in [0, 0.05) is 0 Å². The summed E-state index contributed by atoms with van der Waals surface area (Å²) in [5, 5.41) is 0. The first-order valence-corrected chi connectivity index (χ1v) is 5.51. The van der Waals surface area contributed by atoms with Crippen molar-refractivity contribution in [3.8, 4) is 0 Å². The molecule has 1 fully saturated rings. The van der Waals surface area contributed by atoms with Crippen molar-refractivity contribution in [1.29, 1.82) is 0 Å². The van der Waals surface area contributed by atoms with E-state index in [1.54, 1.807) is 0 Å². The number of furan rings is 1. The highest BCUT2D eigenvalue weighted by Crippen LogP contribution is 2.38. The van der Waals surface area contributed by atoms with Gasteiger partial charge in [-0.2, -0.15) is 0 Å². The number of hydrogen-bond donors (Lipinski definition) is 1. The Morgan fingerprint density at radius 2 is 2.20 bits per heavy atom. The van der Waals surface area contributed by atoms with Crippen molar-refractivity contribution in [3.05, 3.63) is 23.7 Å². The summed E-state index contributed by atoms with van der Waals surface area (Å²) in [6, 6.07) is 4.09. The minimum atomic E-state index is 0.0903. The van der Waals surface area contributed by atoms with Crippen molar-refractivity contribution in [2.45, 2.75) is 25.7 Å². The summed E-state index contributed by atoms with van der Waals surface area (Å²) in [5.74, 6) is 2.54. The van der Waals surface area contributed by atoms with Crippen molar-refractivity contribution < 1.29 is 9.15 Å². The highest BCUT2D eigenvalue weighted by molar-refractivity contribution is 5.20. The smallest absolute Gasteiger partial charge is 0.114 e. The summed E-state index contributed by atoms with van der Waals surface area (Å²) in [5.41, 5.74) is 5.76. The second kappa shape index (κ2) is 3.99. The molecule has 0 aliphatic carbocycles. The quantitative estimate of drug-likeness (QED) is 0.823. The summed E-state index contributed by atoms with van der Waals surface area (Å²) in [6.45, 7) is 6.41. The van der Waals surface area contributed by atoms with Gasteiger partial charge in [-0.15, -0.1) is 0 Å². The van der Waals surface area contributed by atoms with Gasteiger partial charge in [-0.1, -0.05) is 6.92 Å². The lowest BCUT2D eigenvalue weighted by atomic mass is 9.76. The molecule has 1 aliphatic heterocycles. The van der Waals surface area contributed by atoms with E-state index in [1.165, 1.54) is 0 Å². The molecule has 3 nitrogen and oxygen atoms in total. The maximum atomic E-state index is 5.72.